The van der Waals surface area contributed by atoms with E-state index in [-0.39, 0.29) is 17.7 Å². The van der Waals surface area contributed by atoms with Gasteiger partial charge in [0.2, 0.25) is 5.91 Å². The highest BCUT2D eigenvalue weighted by Crippen LogP contribution is 2.23. The molecule has 0 aromatic heterocycles. The van der Waals surface area contributed by atoms with E-state index >= 15 is 0 Å². The Bertz CT molecular complexity index is 517. The van der Waals surface area contributed by atoms with Crippen molar-refractivity contribution >= 4 is 5.91 Å². The molecule has 1 amide bonds. The molecule has 7 heteroatoms. The van der Waals surface area contributed by atoms with Crippen LogP contribution in [0.15, 0.2) is 24.3 Å². The maximum Gasteiger partial charge on any atom is 0.573 e. The number of nitrogens with one attached hydrogen (secondary N) is 1. The number of likely N-dealkylation sites (N-methyl/N-ethyl adjacent to an activating group) is 1. The number of likely N-dealkylation sites (tertiary alicyclic amines) is 1. The quantitative estimate of drug-likeness (QED) is 0.872. The third-order valence-corrected chi connectivity index (χ3v) is 3.92. The van der Waals surface area contributed by atoms with Crippen LogP contribution in [0.25, 0.3) is 0 Å². The molecule has 1 aromatic rings. The molecule has 0 radical (unpaired) electrons. The van der Waals surface area contributed by atoms with Crippen LogP contribution in [0.3, 0.4) is 0 Å². The van der Waals surface area contributed by atoms with Crippen molar-refractivity contribution in [3.05, 3.63) is 29.8 Å². The van der Waals surface area contributed by atoms with Crippen molar-refractivity contribution in [3.63, 3.8) is 0 Å². The fourth-order valence-electron chi connectivity index (χ4n) is 2.86. The molecular weight excluding hydrogens is 309 g/mol. The summed E-state index contributed by atoms with van der Waals surface area (Å²) < 4.78 is 40.1. The zero-order valence-corrected chi connectivity index (χ0v) is 13.0. The number of rotatable bonds is 6. The summed E-state index contributed by atoms with van der Waals surface area (Å²) in [6.07, 6.45) is -1.79. The van der Waals surface area contributed by atoms with Gasteiger partial charge in [-0.25, -0.2) is 0 Å². The van der Waals surface area contributed by atoms with E-state index < -0.39 is 6.36 Å². The van der Waals surface area contributed by atoms with Crippen LogP contribution in [0.1, 0.15) is 24.8 Å². The number of amides is 1. The maximum atomic E-state index is 12.3. The van der Waals surface area contributed by atoms with E-state index in [0.717, 1.165) is 31.5 Å². The van der Waals surface area contributed by atoms with Crippen molar-refractivity contribution < 1.29 is 22.7 Å². The Morgan fingerprint density at radius 2 is 2.04 bits per heavy atom. The lowest BCUT2D eigenvalue weighted by molar-refractivity contribution is -0.274. The number of halogens is 3. The van der Waals surface area contributed by atoms with Crippen LogP contribution in [0.2, 0.25) is 0 Å². The van der Waals surface area contributed by atoms with E-state index in [0.29, 0.717) is 12.8 Å². The smallest absolute Gasteiger partial charge is 0.406 e. The number of benzene rings is 1. The van der Waals surface area contributed by atoms with Gasteiger partial charge < -0.3 is 15.0 Å². The zero-order valence-electron chi connectivity index (χ0n) is 13.0. The minimum Gasteiger partial charge on any atom is -0.406 e. The Kier molecular flexibility index (Phi) is 5.87. The topological polar surface area (TPSA) is 41.6 Å². The molecule has 1 fully saturated rings. The number of ether oxygens (including phenoxy) is 1. The van der Waals surface area contributed by atoms with E-state index in [9.17, 15) is 18.0 Å². The van der Waals surface area contributed by atoms with Gasteiger partial charge >= 0.3 is 6.36 Å². The van der Waals surface area contributed by atoms with E-state index in [2.05, 4.69) is 10.1 Å². The monoisotopic (exact) mass is 330 g/mol. The molecule has 2 rings (SSSR count). The molecule has 1 aliphatic heterocycles. The fraction of sp³-hybridized carbons (Fsp3) is 0.562. The average Bonchev–Trinajstić information content (AvgIpc) is 2.93. The molecule has 128 valence electrons. The van der Waals surface area contributed by atoms with Crippen molar-refractivity contribution in [2.75, 3.05) is 20.1 Å². The number of hydrogen-bond donors (Lipinski definition) is 1. The largest absolute Gasteiger partial charge is 0.573 e. The van der Waals surface area contributed by atoms with Crippen LogP contribution in [0.5, 0.6) is 5.75 Å². The molecule has 1 unspecified atom stereocenters. The highest BCUT2D eigenvalue weighted by molar-refractivity contribution is 5.77. The molecule has 23 heavy (non-hydrogen) atoms. The summed E-state index contributed by atoms with van der Waals surface area (Å²) in [5, 5.41) is 3.09. The number of hydrogen-bond acceptors (Lipinski definition) is 3. The van der Waals surface area contributed by atoms with Gasteiger partial charge in [0.05, 0.1) is 0 Å². The highest BCUT2D eigenvalue weighted by Gasteiger charge is 2.31. The van der Waals surface area contributed by atoms with Crippen molar-refractivity contribution in [2.24, 2.45) is 0 Å². The Labute approximate surface area is 133 Å². The van der Waals surface area contributed by atoms with E-state index in [4.69, 9.17) is 0 Å². The van der Waals surface area contributed by atoms with Gasteiger partial charge in [-0.2, -0.15) is 0 Å². The number of aryl methyl sites for hydroxylation is 1. The normalized spacial score (nSPS) is 18.3. The molecule has 1 saturated heterocycles. The third-order valence-electron chi connectivity index (χ3n) is 3.92. The zero-order chi connectivity index (χ0) is 16.9. The Balaban J connectivity index is 1.84. The molecule has 0 saturated carbocycles. The lowest BCUT2D eigenvalue weighted by Gasteiger charge is -2.24. The first-order chi connectivity index (χ1) is 10.9. The summed E-state index contributed by atoms with van der Waals surface area (Å²) in [6.45, 7) is 1.57. The minimum absolute atomic E-state index is 0.0957. The van der Waals surface area contributed by atoms with Crippen molar-refractivity contribution in [1.82, 2.24) is 10.2 Å². The van der Waals surface area contributed by atoms with Crippen molar-refractivity contribution in [1.29, 1.82) is 0 Å². The molecule has 0 spiro atoms. The number of alkyl halides is 3. The summed E-state index contributed by atoms with van der Waals surface area (Å²) in [6, 6.07) is 5.90. The molecule has 1 heterocycles. The maximum absolute atomic E-state index is 12.3. The standard InChI is InChI=1S/C16H21F3N2O2/c1-20-11-13-3-2-10-21(13)15(22)9-6-12-4-7-14(8-5-12)23-16(17,18)19/h4-5,7-8,13,20H,2-3,6,9-11H2,1H3. The first kappa shape index (κ1) is 17.6. The summed E-state index contributed by atoms with van der Waals surface area (Å²) >= 11 is 0. The van der Waals surface area contributed by atoms with Gasteiger partial charge in [0.1, 0.15) is 5.75 Å². The first-order valence-corrected chi connectivity index (χ1v) is 7.68. The Hall–Kier alpha value is -1.76. The van der Waals surface area contributed by atoms with Crippen LogP contribution in [-0.4, -0.2) is 43.3 Å². The second kappa shape index (κ2) is 7.68. The molecule has 1 atom stereocenters. The molecular formula is C16H21F3N2O2. The van der Waals surface area contributed by atoms with Crippen LogP contribution < -0.4 is 10.1 Å². The molecule has 1 N–H and O–H groups in total. The predicted octanol–water partition coefficient (Wildman–Crippen LogP) is 2.73. The average molecular weight is 330 g/mol. The molecule has 1 aromatic carbocycles. The Morgan fingerprint density at radius 1 is 1.35 bits per heavy atom. The van der Waals surface area contributed by atoms with Gasteiger partial charge in [-0.3, -0.25) is 4.79 Å². The van der Waals surface area contributed by atoms with E-state index in [1.165, 1.54) is 12.1 Å². The van der Waals surface area contributed by atoms with Gasteiger partial charge in [-0.05, 0) is 44.0 Å². The van der Waals surface area contributed by atoms with Gasteiger partial charge in [0, 0.05) is 25.6 Å². The molecule has 0 bridgehead atoms. The minimum atomic E-state index is -4.68. The van der Waals surface area contributed by atoms with Gasteiger partial charge in [-0.1, -0.05) is 12.1 Å². The SMILES string of the molecule is CNCC1CCCN1C(=O)CCc1ccc(OC(F)(F)F)cc1. The third kappa shape index (κ3) is 5.42. The van der Waals surface area contributed by atoms with E-state index in [1.54, 1.807) is 12.1 Å². The number of carbonyl (C=O) groups excluding carboxylic acids is 1. The van der Waals surface area contributed by atoms with Crippen LogP contribution in [0, 0.1) is 0 Å². The second-order valence-electron chi connectivity index (χ2n) is 5.63. The summed E-state index contributed by atoms with van der Waals surface area (Å²) in [4.78, 5) is 14.2. The fourth-order valence-corrected chi connectivity index (χ4v) is 2.86. The summed E-state index contributed by atoms with van der Waals surface area (Å²) in [5.41, 5.74) is 0.817. The summed E-state index contributed by atoms with van der Waals surface area (Å²) in [5.74, 6) is -0.153. The molecule has 4 nitrogen and oxygen atoms in total. The van der Waals surface area contributed by atoms with Gasteiger partial charge in [0.15, 0.2) is 0 Å². The van der Waals surface area contributed by atoms with Crippen molar-refractivity contribution in [2.45, 2.75) is 38.1 Å². The number of nitrogens with zero attached hydrogens (tertiary/aromatic N) is 1. The lowest BCUT2D eigenvalue weighted by Crippen LogP contribution is -2.40. The molecule has 1 aliphatic rings. The van der Waals surface area contributed by atoms with E-state index in [1.807, 2.05) is 11.9 Å². The van der Waals surface area contributed by atoms with Crippen molar-refractivity contribution in [3.8, 4) is 5.75 Å². The number of carbonyl (C=O) groups is 1. The second-order valence-corrected chi connectivity index (χ2v) is 5.63. The highest BCUT2D eigenvalue weighted by atomic mass is 19.4. The van der Waals surface area contributed by atoms with Crippen LogP contribution in [0.4, 0.5) is 13.2 Å². The lowest BCUT2D eigenvalue weighted by atomic mass is 10.1. The van der Waals surface area contributed by atoms with Crippen LogP contribution >= 0.6 is 0 Å². The van der Waals surface area contributed by atoms with Gasteiger partial charge in [-0.15, -0.1) is 13.2 Å². The Morgan fingerprint density at radius 3 is 2.65 bits per heavy atom. The van der Waals surface area contributed by atoms with Gasteiger partial charge in [0.25, 0.3) is 0 Å². The summed E-state index contributed by atoms with van der Waals surface area (Å²) in [7, 11) is 1.87. The first-order valence-electron chi connectivity index (χ1n) is 7.68. The van der Waals surface area contributed by atoms with Crippen LogP contribution in [-0.2, 0) is 11.2 Å². The molecule has 0 aliphatic carbocycles. The predicted molar refractivity (Wildman–Crippen MR) is 80.1 cm³/mol.